The average molecular weight is 444 g/mol. The Bertz CT molecular complexity index is 742. The number of benzene rings is 1. The highest BCUT2D eigenvalue weighted by molar-refractivity contribution is 5.91. The van der Waals surface area contributed by atoms with Gasteiger partial charge in [-0.3, -0.25) is 10.1 Å². The van der Waals surface area contributed by atoms with Crippen molar-refractivity contribution in [3.8, 4) is 0 Å². The van der Waals surface area contributed by atoms with Crippen LogP contribution in [0.3, 0.4) is 0 Å². The molecule has 1 fully saturated rings. The first kappa shape index (κ1) is 25.7. The topological polar surface area (TPSA) is 62.2 Å². The summed E-state index contributed by atoms with van der Waals surface area (Å²) in [5, 5.41) is 6.46. The Morgan fingerprint density at radius 3 is 2.59 bits per heavy atom. The highest BCUT2D eigenvalue weighted by Gasteiger charge is 2.17. The van der Waals surface area contributed by atoms with Crippen molar-refractivity contribution in [1.29, 1.82) is 0 Å². The lowest BCUT2D eigenvalue weighted by Crippen LogP contribution is -2.29. The first-order chi connectivity index (χ1) is 13.2. The molecule has 0 bridgehead atoms. The molecule has 1 amide bonds. The first-order valence-electron chi connectivity index (χ1n) is 10.4. The van der Waals surface area contributed by atoms with Gasteiger partial charge in [0, 0.05) is 19.5 Å². The van der Waals surface area contributed by atoms with Crippen LogP contribution in [-0.2, 0) is 11.3 Å². The molecule has 6 nitrogen and oxygen atoms in total. The summed E-state index contributed by atoms with van der Waals surface area (Å²) in [5.74, 6) is 1.42. The molecule has 1 aliphatic heterocycles. The minimum absolute atomic E-state index is 0. The molecule has 0 saturated carbocycles. The van der Waals surface area contributed by atoms with E-state index in [1.807, 2.05) is 18.2 Å². The van der Waals surface area contributed by atoms with Crippen LogP contribution in [0.4, 0.5) is 5.95 Å². The van der Waals surface area contributed by atoms with Crippen LogP contribution < -0.4 is 10.6 Å². The predicted octanol–water partition coefficient (Wildman–Crippen LogP) is 3.94. The van der Waals surface area contributed by atoms with Crippen molar-refractivity contribution in [2.24, 2.45) is 5.92 Å². The van der Waals surface area contributed by atoms with Crippen LogP contribution in [0.2, 0.25) is 0 Å². The second kappa shape index (κ2) is 13.1. The molecule has 1 aromatic heterocycles. The molecule has 8 heteroatoms. The number of fused-ring (bicyclic) bond motifs is 1. The number of nitrogens with one attached hydrogen (secondary N) is 2. The molecule has 0 aliphatic carbocycles. The van der Waals surface area contributed by atoms with Crippen molar-refractivity contribution in [2.75, 3.05) is 38.0 Å². The van der Waals surface area contributed by atoms with Crippen LogP contribution in [0.15, 0.2) is 24.3 Å². The van der Waals surface area contributed by atoms with Gasteiger partial charge < -0.3 is 14.8 Å². The Morgan fingerprint density at radius 1 is 1.21 bits per heavy atom. The third-order valence-electron chi connectivity index (χ3n) is 5.68. The Labute approximate surface area is 186 Å². The second-order valence-electron chi connectivity index (χ2n) is 7.38. The molecule has 0 radical (unpaired) electrons. The van der Waals surface area contributed by atoms with Gasteiger partial charge in [0.1, 0.15) is 0 Å². The number of para-hydroxylation sites is 2. The number of nitrogens with zero attached hydrogens (tertiary/aromatic N) is 3. The monoisotopic (exact) mass is 443 g/mol. The molecule has 2 N–H and O–H groups in total. The van der Waals surface area contributed by atoms with Gasteiger partial charge in [-0.15, -0.1) is 24.8 Å². The number of halogens is 2. The number of piperidine rings is 1. The molecule has 2 aromatic rings. The van der Waals surface area contributed by atoms with Gasteiger partial charge in [-0.2, -0.15) is 0 Å². The summed E-state index contributed by atoms with van der Waals surface area (Å²) in [6.07, 6.45) is 3.89. The van der Waals surface area contributed by atoms with E-state index in [2.05, 4.69) is 45.0 Å². The minimum Gasteiger partial charge on any atom is -0.317 e. The minimum atomic E-state index is 0. The maximum absolute atomic E-state index is 12.5. The Kier molecular flexibility index (Phi) is 11.6. The maximum Gasteiger partial charge on any atom is 0.226 e. The predicted molar refractivity (Wildman–Crippen MR) is 125 cm³/mol. The van der Waals surface area contributed by atoms with E-state index in [-0.39, 0.29) is 30.7 Å². The summed E-state index contributed by atoms with van der Waals surface area (Å²) in [7, 11) is 0. The van der Waals surface area contributed by atoms with Gasteiger partial charge >= 0.3 is 0 Å². The summed E-state index contributed by atoms with van der Waals surface area (Å²) in [6.45, 7) is 10.3. The van der Waals surface area contributed by atoms with Crippen LogP contribution >= 0.6 is 24.8 Å². The quantitative estimate of drug-likeness (QED) is 0.615. The van der Waals surface area contributed by atoms with Gasteiger partial charge in [0.25, 0.3) is 0 Å². The van der Waals surface area contributed by atoms with Crippen LogP contribution in [0.1, 0.15) is 39.5 Å². The van der Waals surface area contributed by atoms with Crippen LogP contribution in [0, 0.1) is 5.92 Å². The van der Waals surface area contributed by atoms with E-state index < -0.39 is 0 Å². The summed E-state index contributed by atoms with van der Waals surface area (Å²) in [6, 6.07) is 8.11. The molecular formula is C21H35Cl2N5O. The number of imidazole rings is 1. The summed E-state index contributed by atoms with van der Waals surface area (Å²) in [4.78, 5) is 19.6. The van der Waals surface area contributed by atoms with Gasteiger partial charge in [0.05, 0.1) is 11.0 Å². The number of anilines is 1. The number of amides is 1. The van der Waals surface area contributed by atoms with Crippen molar-refractivity contribution >= 4 is 47.7 Å². The number of carbonyl (C=O) groups is 1. The standard InChI is InChI=1S/C21H33N5O.2ClH/c1-3-25(4-2)15-16-26-19-8-6-5-7-18(19)23-21(26)24-20(27)10-9-17-11-13-22-14-12-17;;/h5-8,17,22H,3-4,9-16H2,1-2H3,(H,23,24,27);2*1H. The Hall–Kier alpha value is -1.34. The van der Waals surface area contributed by atoms with Gasteiger partial charge in [0.2, 0.25) is 11.9 Å². The zero-order valence-electron chi connectivity index (χ0n) is 17.5. The smallest absolute Gasteiger partial charge is 0.226 e. The molecular weight excluding hydrogens is 409 g/mol. The first-order valence-corrected chi connectivity index (χ1v) is 10.4. The molecule has 0 spiro atoms. The van der Waals surface area contributed by atoms with Crippen LogP contribution in [0.25, 0.3) is 11.0 Å². The normalized spacial score (nSPS) is 14.4. The largest absolute Gasteiger partial charge is 0.317 e. The van der Waals surface area contributed by atoms with Gasteiger partial charge in [-0.1, -0.05) is 26.0 Å². The average Bonchev–Trinajstić information content (AvgIpc) is 3.05. The Morgan fingerprint density at radius 2 is 1.90 bits per heavy atom. The molecule has 0 atom stereocenters. The second-order valence-corrected chi connectivity index (χ2v) is 7.38. The number of hydrogen-bond donors (Lipinski definition) is 2. The third kappa shape index (κ3) is 7.14. The summed E-state index contributed by atoms with van der Waals surface area (Å²) >= 11 is 0. The van der Waals surface area contributed by atoms with Gasteiger partial charge in [0.15, 0.2) is 0 Å². The Balaban J connectivity index is 0.00000210. The third-order valence-corrected chi connectivity index (χ3v) is 5.68. The van der Waals surface area contributed by atoms with Crippen molar-refractivity contribution in [2.45, 2.75) is 46.1 Å². The number of carbonyl (C=O) groups excluding carboxylic acids is 1. The van der Waals surface area contributed by atoms with E-state index in [1.165, 1.54) is 12.8 Å². The van der Waals surface area contributed by atoms with Crippen molar-refractivity contribution in [1.82, 2.24) is 19.8 Å². The number of aromatic nitrogens is 2. The van der Waals surface area contributed by atoms with Crippen molar-refractivity contribution in [3.63, 3.8) is 0 Å². The highest BCUT2D eigenvalue weighted by atomic mass is 35.5. The number of rotatable bonds is 9. The van der Waals surface area contributed by atoms with E-state index in [0.717, 1.165) is 56.7 Å². The summed E-state index contributed by atoms with van der Waals surface area (Å²) < 4.78 is 2.15. The van der Waals surface area contributed by atoms with Gasteiger partial charge in [-0.05, 0) is 63.5 Å². The number of hydrogen-bond acceptors (Lipinski definition) is 4. The molecule has 1 aliphatic rings. The van der Waals surface area contributed by atoms with Crippen molar-refractivity contribution in [3.05, 3.63) is 24.3 Å². The lowest BCUT2D eigenvalue weighted by molar-refractivity contribution is -0.116. The molecule has 0 unspecified atom stereocenters. The fourth-order valence-corrected chi connectivity index (χ4v) is 3.87. The van der Waals surface area contributed by atoms with Crippen LogP contribution in [-0.4, -0.2) is 53.1 Å². The van der Waals surface area contributed by atoms with Gasteiger partial charge in [-0.25, -0.2) is 4.98 Å². The fraction of sp³-hybridized carbons (Fsp3) is 0.619. The molecule has 1 saturated heterocycles. The maximum atomic E-state index is 12.5. The zero-order chi connectivity index (χ0) is 19.1. The lowest BCUT2D eigenvalue weighted by atomic mass is 9.93. The van der Waals surface area contributed by atoms with E-state index in [1.54, 1.807) is 0 Å². The van der Waals surface area contributed by atoms with E-state index >= 15 is 0 Å². The molecule has 1 aromatic carbocycles. The molecule has 2 heterocycles. The van der Waals surface area contributed by atoms with E-state index in [9.17, 15) is 4.79 Å². The number of likely N-dealkylation sites (N-methyl/N-ethyl adjacent to an activating group) is 1. The lowest BCUT2D eigenvalue weighted by Gasteiger charge is -2.22. The van der Waals surface area contributed by atoms with E-state index in [0.29, 0.717) is 18.3 Å². The van der Waals surface area contributed by atoms with Crippen LogP contribution in [0.5, 0.6) is 0 Å². The fourth-order valence-electron chi connectivity index (χ4n) is 3.87. The molecule has 29 heavy (non-hydrogen) atoms. The zero-order valence-corrected chi connectivity index (χ0v) is 19.2. The molecule has 164 valence electrons. The van der Waals surface area contributed by atoms with E-state index in [4.69, 9.17) is 0 Å². The SMILES string of the molecule is CCN(CC)CCn1c(NC(=O)CCC2CCNCC2)nc2ccccc21.Cl.Cl. The highest BCUT2D eigenvalue weighted by Crippen LogP contribution is 2.21. The van der Waals surface area contributed by atoms with Crippen molar-refractivity contribution < 1.29 is 4.79 Å². The summed E-state index contributed by atoms with van der Waals surface area (Å²) in [5.41, 5.74) is 2.02. The molecule has 3 rings (SSSR count).